The summed E-state index contributed by atoms with van der Waals surface area (Å²) >= 11 is 0. The Morgan fingerprint density at radius 2 is 1.72 bits per heavy atom. The first-order valence-corrected chi connectivity index (χ1v) is 11.1. The van der Waals surface area contributed by atoms with E-state index in [-0.39, 0.29) is 5.92 Å². The van der Waals surface area contributed by atoms with Gasteiger partial charge < -0.3 is 9.47 Å². The number of nitrogens with zero attached hydrogens (tertiary/aromatic N) is 5. The van der Waals surface area contributed by atoms with Crippen molar-refractivity contribution >= 4 is 5.91 Å². The molecule has 2 aromatic rings. The van der Waals surface area contributed by atoms with Gasteiger partial charge in [-0.25, -0.2) is 0 Å². The first-order chi connectivity index (χ1) is 14.1. The summed E-state index contributed by atoms with van der Waals surface area (Å²) in [4.78, 5) is 17.6. The predicted octanol–water partition coefficient (Wildman–Crippen LogP) is 3.48. The molecule has 2 aliphatic rings. The van der Waals surface area contributed by atoms with Gasteiger partial charge in [0.2, 0.25) is 5.91 Å². The van der Waals surface area contributed by atoms with E-state index in [0.717, 1.165) is 64.2 Å². The Kier molecular flexibility index (Phi) is 6.28. The lowest BCUT2D eigenvalue weighted by atomic mass is 9.91. The SMILES string of the molecule is CC(C)n1cnnc1C1CCN(C(=O)C2CCN(Cc3ccccc3)CC2)CC1. The Balaban J connectivity index is 1.25. The molecular formula is C23H33N5O. The molecule has 4 rings (SSSR count). The lowest BCUT2D eigenvalue weighted by Gasteiger charge is -2.37. The molecule has 1 aromatic carbocycles. The molecule has 29 heavy (non-hydrogen) atoms. The molecule has 0 atom stereocenters. The summed E-state index contributed by atoms with van der Waals surface area (Å²) in [5.74, 6) is 2.06. The molecule has 0 saturated carbocycles. The summed E-state index contributed by atoms with van der Waals surface area (Å²) in [5.41, 5.74) is 1.36. The third kappa shape index (κ3) is 4.69. The van der Waals surface area contributed by atoms with Gasteiger partial charge >= 0.3 is 0 Å². The molecule has 1 aromatic heterocycles. The monoisotopic (exact) mass is 395 g/mol. The average molecular weight is 396 g/mol. The number of amides is 1. The zero-order valence-electron chi connectivity index (χ0n) is 17.7. The number of hydrogen-bond donors (Lipinski definition) is 0. The third-order valence-electron chi connectivity index (χ3n) is 6.51. The van der Waals surface area contributed by atoms with Crippen LogP contribution in [0.3, 0.4) is 0 Å². The van der Waals surface area contributed by atoms with Gasteiger partial charge in [0.1, 0.15) is 12.2 Å². The van der Waals surface area contributed by atoms with Crippen molar-refractivity contribution in [2.45, 2.75) is 58.0 Å². The molecule has 2 fully saturated rings. The fourth-order valence-corrected chi connectivity index (χ4v) is 4.74. The van der Waals surface area contributed by atoms with Crippen molar-refractivity contribution in [1.82, 2.24) is 24.6 Å². The minimum Gasteiger partial charge on any atom is -0.342 e. The first kappa shape index (κ1) is 20.1. The largest absolute Gasteiger partial charge is 0.342 e. The normalized spacial score (nSPS) is 19.8. The van der Waals surface area contributed by atoms with Gasteiger partial charge in [-0.3, -0.25) is 9.69 Å². The highest BCUT2D eigenvalue weighted by Gasteiger charge is 2.32. The summed E-state index contributed by atoms with van der Waals surface area (Å²) in [5, 5.41) is 8.48. The molecule has 2 saturated heterocycles. The van der Waals surface area contributed by atoms with Crippen LogP contribution in [-0.4, -0.2) is 56.7 Å². The number of carbonyl (C=O) groups excluding carboxylic acids is 1. The summed E-state index contributed by atoms with van der Waals surface area (Å²) in [6.45, 7) is 9.03. The Bertz CT molecular complexity index is 787. The van der Waals surface area contributed by atoms with Crippen LogP contribution in [0, 0.1) is 5.92 Å². The minimum absolute atomic E-state index is 0.192. The van der Waals surface area contributed by atoms with Crippen LogP contribution in [-0.2, 0) is 11.3 Å². The highest BCUT2D eigenvalue weighted by molar-refractivity contribution is 5.79. The lowest BCUT2D eigenvalue weighted by Crippen LogP contribution is -2.45. The fraction of sp³-hybridized carbons (Fsp3) is 0.609. The van der Waals surface area contributed by atoms with Crippen LogP contribution in [0.1, 0.15) is 62.9 Å². The molecule has 1 amide bonds. The zero-order valence-corrected chi connectivity index (χ0v) is 17.7. The Morgan fingerprint density at radius 1 is 1.03 bits per heavy atom. The number of benzene rings is 1. The molecule has 0 bridgehead atoms. The lowest BCUT2D eigenvalue weighted by molar-refractivity contribution is -0.138. The maximum atomic E-state index is 13.1. The van der Waals surface area contributed by atoms with Crippen molar-refractivity contribution < 1.29 is 4.79 Å². The second-order valence-electron chi connectivity index (χ2n) is 8.83. The van der Waals surface area contributed by atoms with Crippen molar-refractivity contribution in [3.8, 4) is 0 Å². The van der Waals surface area contributed by atoms with Crippen LogP contribution in [0.2, 0.25) is 0 Å². The molecule has 0 radical (unpaired) electrons. The number of likely N-dealkylation sites (tertiary alicyclic amines) is 2. The molecule has 6 heteroatoms. The van der Waals surface area contributed by atoms with E-state index >= 15 is 0 Å². The van der Waals surface area contributed by atoms with Crippen LogP contribution < -0.4 is 0 Å². The molecule has 6 nitrogen and oxygen atoms in total. The fourth-order valence-electron chi connectivity index (χ4n) is 4.74. The maximum Gasteiger partial charge on any atom is 0.225 e. The van der Waals surface area contributed by atoms with Crippen LogP contribution in [0.15, 0.2) is 36.7 Å². The number of hydrogen-bond acceptors (Lipinski definition) is 4. The molecule has 0 aliphatic carbocycles. The molecule has 156 valence electrons. The van der Waals surface area contributed by atoms with Gasteiger partial charge in [-0.05, 0) is 58.2 Å². The summed E-state index contributed by atoms with van der Waals surface area (Å²) in [7, 11) is 0. The van der Waals surface area contributed by atoms with Gasteiger partial charge in [0.05, 0.1) is 0 Å². The quantitative estimate of drug-likeness (QED) is 0.778. The van der Waals surface area contributed by atoms with Crippen molar-refractivity contribution in [3.63, 3.8) is 0 Å². The third-order valence-corrected chi connectivity index (χ3v) is 6.51. The van der Waals surface area contributed by atoms with Crippen molar-refractivity contribution in [1.29, 1.82) is 0 Å². The van der Waals surface area contributed by atoms with E-state index in [1.54, 1.807) is 0 Å². The van der Waals surface area contributed by atoms with Crippen LogP contribution >= 0.6 is 0 Å². The van der Waals surface area contributed by atoms with Crippen molar-refractivity contribution in [2.24, 2.45) is 5.92 Å². The average Bonchev–Trinajstić information content (AvgIpc) is 3.25. The molecule has 2 aliphatic heterocycles. The number of rotatable bonds is 5. The smallest absolute Gasteiger partial charge is 0.225 e. The van der Waals surface area contributed by atoms with Gasteiger partial charge in [-0.2, -0.15) is 0 Å². The highest BCUT2D eigenvalue weighted by Crippen LogP contribution is 2.30. The summed E-state index contributed by atoms with van der Waals surface area (Å²) in [6, 6.07) is 11.0. The molecule has 0 spiro atoms. The van der Waals surface area contributed by atoms with Crippen molar-refractivity contribution in [3.05, 3.63) is 48.0 Å². The summed E-state index contributed by atoms with van der Waals surface area (Å²) in [6.07, 6.45) is 5.77. The maximum absolute atomic E-state index is 13.1. The van der Waals surface area contributed by atoms with Gasteiger partial charge in [0, 0.05) is 37.5 Å². The molecule has 3 heterocycles. The Labute approximate surface area is 173 Å². The number of carbonyl (C=O) groups is 1. The van der Waals surface area contributed by atoms with Crippen molar-refractivity contribution in [2.75, 3.05) is 26.2 Å². The van der Waals surface area contributed by atoms with Crippen LogP contribution in [0.5, 0.6) is 0 Å². The van der Waals surface area contributed by atoms with E-state index in [1.165, 1.54) is 5.56 Å². The van der Waals surface area contributed by atoms with E-state index in [2.05, 4.69) is 68.7 Å². The molecular weight excluding hydrogens is 362 g/mol. The number of aromatic nitrogens is 3. The van der Waals surface area contributed by atoms with E-state index in [0.29, 0.717) is 17.9 Å². The van der Waals surface area contributed by atoms with Gasteiger partial charge in [0.15, 0.2) is 0 Å². The minimum atomic E-state index is 0.192. The van der Waals surface area contributed by atoms with E-state index < -0.39 is 0 Å². The van der Waals surface area contributed by atoms with Crippen LogP contribution in [0.4, 0.5) is 0 Å². The van der Waals surface area contributed by atoms with Gasteiger partial charge in [-0.1, -0.05) is 30.3 Å². The first-order valence-electron chi connectivity index (χ1n) is 11.1. The number of piperidine rings is 2. The zero-order chi connectivity index (χ0) is 20.2. The van der Waals surface area contributed by atoms with Gasteiger partial charge in [0.25, 0.3) is 0 Å². The van der Waals surface area contributed by atoms with Gasteiger partial charge in [-0.15, -0.1) is 10.2 Å². The molecule has 0 N–H and O–H groups in total. The second-order valence-corrected chi connectivity index (χ2v) is 8.83. The standard InChI is InChI=1S/C23H33N5O/c1-18(2)28-17-24-25-22(28)20-10-14-27(15-11-20)23(29)21-8-12-26(13-9-21)16-19-6-4-3-5-7-19/h3-7,17-18,20-21H,8-16H2,1-2H3. The van der Waals surface area contributed by atoms with E-state index in [1.807, 2.05) is 6.33 Å². The van der Waals surface area contributed by atoms with Crippen LogP contribution in [0.25, 0.3) is 0 Å². The Morgan fingerprint density at radius 3 is 2.38 bits per heavy atom. The van der Waals surface area contributed by atoms with E-state index in [4.69, 9.17) is 0 Å². The predicted molar refractivity (Wildman–Crippen MR) is 113 cm³/mol. The molecule has 0 unspecified atom stereocenters. The highest BCUT2D eigenvalue weighted by atomic mass is 16.2. The Hall–Kier alpha value is -2.21. The van der Waals surface area contributed by atoms with E-state index in [9.17, 15) is 4.79 Å². The summed E-state index contributed by atoms with van der Waals surface area (Å²) < 4.78 is 2.17. The second kappa shape index (κ2) is 9.08. The topological polar surface area (TPSA) is 54.3 Å².